The molecule has 13 nitrogen and oxygen atoms in total. The van der Waals surface area contributed by atoms with Crippen LogP contribution >= 0.6 is 0 Å². The van der Waals surface area contributed by atoms with E-state index in [1.807, 2.05) is 13.8 Å². The van der Waals surface area contributed by atoms with Gasteiger partial charge in [-0.25, -0.2) is 4.79 Å². The number of benzene rings is 1. The summed E-state index contributed by atoms with van der Waals surface area (Å²) in [7, 11) is 0. The van der Waals surface area contributed by atoms with E-state index in [1.54, 1.807) is 26.0 Å². The highest BCUT2D eigenvalue weighted by atomic mass is 16.4. The third-order valence-electron chi connectivity index (χ3n) is 6.88. The van der Waals surface area contributed by atoms with Crippen molar-refractivity contribution in [1.29, 1.82) is 0 Å². The van der Waals surface area contributed by atoms with E-state index in [0.29, 0.717) is 19.3 Å². The second-order valence-corrected chi connectivity index (χ2v) is 10.1. The Morgan fingerprint density at radius 1 is 0.875 bits per heavy atom. The molecule has 13 heteroatoms. The van der Waals surface area contributed by atoms with Crippen molar-refractivity contribution < 1.29 is 29.4 Å². The molecule has 11 N–H and O–H groups in total. The summed E-state index contributed by atoms with van der Waals surface area (Å²) in [6, 6.07) is 2.05. The normalized spacial score (nSPS) is 15.4. The Morgan fingerprint density at radius 2 is 1.43 bits per heavy atom. The van der Waals surface area contributed by atoms with E-state index in [1.165, 1.54) is 12.1 Å². The molecule has 0 aliphatic carbocycles. The molecule has 0 fully saturated rings. The van der Waals surface area contributed by atoms with Crippen LogP contribution in [0.2, 0.25) is 0 Å². The SMILES string of the molecule is CCC(C)C(NC(=O)C(NC(=O)C(CCCN=C(N)N)NC(=O)C(N)Cc1ccc(O)cc1)C(C)CC)C(=O)O. The summed E-state index contributed by atoms with van der Waals surface area (Å²) < 4.78 is 0. The maximum atomic E-state index is 13.4. The minimum atomic E-state index is -1.16. The molecule has 0 radical (unpaired) electrons. The number of aromatic hydroxyl groups is 1. The van der Waals surface area contributed by atoms with Crippen LogP contribution in [0, 0.1) is 11.8 Å². The molecule has 3 amide bonds. The van der Waals surface area contributed by atoms with Gasteiger partial charge in [0.05, 0.1) is 6.04 Å². The summed E-state index contributed by atoms with van der Waals surface area (Å²) in [5.41, 5.74) is 17.6. The number of hydrogen-bond donors (Lipinski definition) is 8. The molecule has 0 saturated heterocycles. The maximum Gasteiger partial charge on any atom is 0.326 e. The number of aliphatic carboxylic acids is 1. The molecule has 40 heavy (non-hydrogen) atoms. The third kappa shape index (κ3) is 11.5. The number of carboxylic acids is 1. The summed E-state index contributed by atoms with van der Waals surface area (Å²) in [6.07, 6.45) is 1.72. The fourth-order valence-electron chi connectivity index (χ4n) is 3.91. The van der Waals surface area contributed by atoms with Crippen molar-refractivity contribution in [3.8, 4) is 5.75 Å². The van der Waals surface area contributed by atoms with Crippen molar-refractivity contribution in [3.63, 3.8) is 0 Å². The van der Waals surface area contributed by atoms with Gasteiger partial charge in [-0.15, -0.1) is 0 Å². The minimum absolute atomic E-state index is 0.0815. The third-order valence-corrected chi connectivity index (χ3v) is 6.88. The molecule has 0 saturated carbocycles. The molecule has 0 aliphatic heterocycles. The number of amides is 3. The molecule has 0 aliphatic rings. The molecule has 6 unspecified atom stereocenters. The van der Waals surface area contributed by atoms with E-state index < -0.39 is 47.9 Å². The zero-order valence-corrected chi connectivity index (χ0v) is 23.7. The van der Waals surface area contributed by atoms with Crippen LogP contribution in [0.25, 0.3) is 0 Å². The van der Waals surface area contributed by atoms with Crippen molar-refractivity contribution in [1.82, 2.24) is 16.0 Å². The highest BCUT2D eigenvalue weighted by molar-refractivity contribution is 5.94. The Morgan fingerprint density at radius 3 is 1.95 bits per heavy atom. The van der Waals surface area contributed by atoms with Gasteiger partial charge in [0.25, 0.3) is 0 Å². The zero-order valence-electron chi connectivity index (χ0n) is 23.7. The summed E-state index contributed by atoms with van der Waals surface area (Å²) in [6.45, 7) is 7.37. The number of rotatable bonds is 17. The van der Waals surface area contributed by atoms with E-state index in [9.17, 15) is 29.4 Å². The van der Waals surface area contributed by atoms with Gasteiger partial charge < -0.3 is 43.4 Å². The molecule has 0 aromatic heterocycles. The molecule has 6 atom stereocenters. The van der Waals surface area contributed by atoms with E-state index >= 15 is 0 Å². The molecule has 1 aromatic carbocycles. The molecule has 0 bridgehead atoms. The first-order valence-electron chi connectivity index (χ1n) is 13.5. The van der Waals surface area contributed by atoms with Crippen molar-refractivity contribution in [2.24, 2.45) is 34.0 Å². The van der Waals surface area contributed by atoms with Crippen LogP contribution < -0.4 is 33.2 Å². The van der Waals surface area contributed by atoms with Gasteiger partial charge in [0, 0.05) is 6.54 Å². The van der Waals surface area contributed by atoms with Gasteiger partial charge >= 0.3 is 5.97 Å². The van der Waals surface area contributed by atoms with Crippen molar-refractivity contribution in [3.05, 3.63) is 29.8 Å². The van der Waals surface area contributed by atoms with Gasteiger partial charge in [-0.3, -0.25) is 19.4 Å². The zero-order chi connectivity index (χ0) is 30.4. The summed E-state index contributed by atoms with van der Waals surface area (Å²) in [5, 5.41) is 27.0. The van der Waals surface area contributed by atoms with Crippen LogP contribution in [0.4, 0.5) is 0 Å². The van der Waals surface area contributed by atoms with Crippen molar-refractivity contribution >= 4 is 29.7 Å². The Bertz CT molecular complexity index is 1010. The summed E-state index contributed by atoms with van der Waals surface area (Å²) in [5.74, 6) is -3.67. The van der Waals surface area contributed by atoms with Gasteiger partial charge in [-0.1, -0.05) is 52.7 Å². The lowest BCUT2D eigenvalue weighted by molar-refractivity contribution is -0.144. The predicted octanol–water partition coefficient (Wildman–Crippen LogP) is -0.0532. The summed E-state index contributed by atoms with van der Waals surface area (Å²) in [4.78, 5) is 55.1. The predicted molar refractivity (Wildman–Crippen MR) is 152 cm³/mol. The van der Waals surface area contributed by atoms with Crippen molar-refractivity contribution in [2.45, 2.75) is 84.0 Å². The average molecular weight is 564 g/mol. The van der Waals surface area contributed by atoms with Gasteiger partial charge in [0.15, 0.2) is 5.96 Å². The van der Waals surface area contributed by atoms with E-state index in [0.717, 1.165) is 5.56 Å². The van der Waals surface area contributed by atoms with Gasteiger partial charge in [-0.05, 0) is 48.8 Å². The lowest BCUT2D eigenvalue weighted by Gasteiger charge is -2.29. The first-order chi connectivity index (χ1) is 18.8. The first-order valence-corrected chi connectivity index (χ1v) is 13.5. The second-order valence-electron chi connectivity index (χ2n) is 10.1. The molecule has 0 spiro atoms. The van der Waals surface area contributed by atoms with Gasteiger partial charge in [0.2, 0.25) is 17.7 Å². The largest absolute Gasteiger partial charge is 0.508 e. The maximum absolute atomic E-state index is 13.4. The van der Waals surface area contributed by atoms with Gasteiger partial charge in [0.1, 0.15) is 23.9 Å². The fraction of sp³-hybridized carbons (Fsp3) is 0.593. The number of phenolic OH excluding ortho intramolecular Hbond substituents is 1. The monoisotopic (exact) mass is 563 g/mol. The van der Waals surface area contributed by atoms with Crippen LogP contribution in [0.15, 0.2) is 29.3 Å². The first kappa shape index (κ1) is 34.2. The van der Waals surface area contributed by atoms with Crippen LogP contribution in [0.3, 0.4) is 0 Å². The number of carbonyl (C=O) groups excluding carboxylic acids is 3. The molecular formula is C27H45N7O6. The van der Waals surface area contributed by atoms with Gasteiger partial charge in [-0.2, -0.15) is 0 Å². The number of guanidine groups is 1. The number of carboxylic acid groups (broad SMARTS) is 1. The van der Waals surface area contributed by atoms with Crippen LogP contribution in [-0.4, -0.2) is 70.6 Å². The van der Waals surface area contributed by atoms with Crippen LogP contribution in [0.5, 0.6) is 5.75 Å². The highest BCUT2D eigenvalue weighted by Gasteiger charge is 2.34. The molecule has 224 valence electrons. The summed E-state index contributed by atoms with van der Waals surface area (Å²) >= 11 is 0. The quantitative estimate of drug-likeness (QED) is 0.0719. The number of phenols is 1. The van der Waals surface area contributed by atoms with Crippen LogP contribution in [0.1, 0.15) is 58.9 Å². The van der Waals surface area contributed by atoms with E-state index in [2.05, 4.69) is 20.9 Å². The Kier molecular flexibility index (Phi) is 14.5. The molecule has 1 rings (SSSR count). The number of nitrogens with one attached hydrogen (secondary N) is 3. The number of hydrogen-bond acceptors (Lipinski definition) is 7. The van der Waals surface area contributed by atoms with E-state index in [-0.39, 0.29) is 42.9 Å². The fourth-order valence-corrected chi connectivity index (χ4v) is 3.91. The number of carbonyl (C=O) groups is 4. The topological polar surface area (TPSA) is 235 Å². The standard InChI is InChI=1S/C27H45N7O6/c1-5-15(3)21(25(38)34-22(26(39)40)16(4)6-2)33-24(37)20(8-7-13-31-27(29)30)32-23(36)19(28)14-17-9-11-18(35)12-10-17/h9-12,15-16,19-22,35H,5-8,13-14,28H2,1-4H3,(H,32,36)(H,33,37)(H,34,38)(H,39,40)(H4,29,30,31). The molecule has 0 heterocycles. The smallest absolute Gasteiger partial charge is 0.326 e. The average Bonchev–Trinajstić information content (AvgIpc) is 2.91. The second kappa shape index (κ2) is 17.0. The lowest BCUT2D eigenvalue weighted by Crippen LogP contribution is -2.59. The number of nitrogens with two attached hydrogens (primary N) is 3. The Labute approximate surface area is 235 Å². The number of nitrogens with zero attached hydrogens (tertiary/aromatic N) is 1. The van der Waals surface area contributed by atoms with Crippen LogP contribution in [-0.2, 0) is 25.6 Å². The molecule has 1 aromatic rings. The highest BCUT2D eigenvalue weighted by Crippen LogP contribution is 2.14. The Hall–Kier alpha value is -3.87. The van der Waals surface area contributed by atoms with Crippen molar-refractivity contribution in [2.75, 3.05) is 6.54 Å². The number of aliphatic imine (C=N–C) groups is 1. The lowest BCUT2D eigenvalue weighted by atomic mass is 9.95. The van der Waals surface area contributed by atoms with E-state index in [4.69, 9.17) is 17.2 Å². The Balaban J connectivity index is 3.08. The minimum Gasteiger partial charge on any atom is -0.508 e. The molecular weight excluding hydrogens is 518 g/mol.